The summed E-state index contributed by atoms with van der Waals surface area (Å²) < 4.78 is 53.4. The highest BCUT2D eigenvalue weighted by molar-refractivity contribution is 7.92. The van der Waals surface area contributed by atoms with Gasteiger partial charge >= 0.3 is 0 Å². The molecule has 44 heavy (non-hydrogen) atoms. The lowest BCUT2D eigenvalue weighted by molar-refractivity contribution is -0.139. The van der Waals surface area contributed by atoms with Crippen molar-refractivity contribution >= 4 is 50.7 Å². The van der Waals surface area contributed by atoms with E-state index in [4.69, 9.17) is 32.7 Å². The van der Waals surface area contributed by atoms with Gasteiger partial charge in [0.15, 0.2) is 11.5 Å². The summed E-state index contributed by atoms with van der Waals surface area (Å²) in [6.45, 7) is 0.688. The van der Waals surface area contributed by atoms with E-state index in [9.17, 15) is 22.4 Å². The summed E-state index contributed by atoms with van der Waals surface area (Å²) in [5.74, 6) is -1.21. The van der Waals surface area contributed by atoms with E-state index in [0.717, 1.165) is 42.1 Å². The number of methoxy groups -OCH3 is 2. The number of ether oxygens (including phenoxy) is 2. The van der Waals surface area contributed by atoms with Gasteiger partial charge in [0.1, 0.15) is 18.4 Å². The Labute approximate surface area is 266 Å². The number of nitrogens with one attached hydrogen (secondary N) is 1. The van der Waals surface area contributed by atoms with Gasteiger partial charge in [-0.1, -0.05) is 42.1 Å². The van der Waals surface area contributed by atoms with Crippen LogP contribution in [0.3, 0.4) is 0 Å². The minimum Gasteiger partial charge on any atom is -0.493 e. The summed E-state index contributed by atoms with van der Waals surface area (Å²) in [6, 6.07) is 12.6. The van der Waals surface area contributed by atoms with Crippen molar-refractivity contribution in [2.75, 3.05) is 25.1 Å². The molecule has 1 aliphatic carbocycles. The first kappa shape index (κ1) is 33.4. The van der Waals surface area contributed by atoms with E-state index >= 15 is 0 Å². The molecule has 4 rings (SSSR count). The molecule has 1 saturated carbocycles. The van der Waals surface area contributed by atoms with Crippen LogP contribution in [0, 0.1) is 5.82 Å². The number of rotatable bonds is 12. The molecule has 0 spiro atoms. The molecule has 0 saturated heterocycles. The van der Waals surface area contributed by atoms with Crippen molar-refractivity contribution in [2.24, 2.45) is 0 Å². The number of nitrogens with zero attached hydrogens (tertiary/aromatic N) is 2. The Morgan fingerprint density at radius 3 is 2.18 bits per heavy atom. The average Bonchev–Trinajstić information content (AvgIpc) is 3.52. The summed E-state index contributed by atoms with van der Waals surface area (Å²) >= 11 is 12.9. The van der Waals surface area contributed by atoms with Gasteiger partial charge in [-0.15, -0.1) is 0 Å². The largest absolute Gasteiger partial charge is 0.493 e. The van der Waals surface area contributed by atoms with Gasteiger partial charge in [0.2, 0.25) is 11.8 Å². The van der Waals surface area contributed by atoms with Crippen molar-refractivity contribution in [3.05, 3.63) is 82.1 Å². The number of halogens is 3. The van der Waals surface area contributed by atoms with Gasteiger partial charge in [-0.2, -0.15) is 0 Å². The smallest absolute Gasteiger partial charge is 0.264 e. The zero-order chi connectivity index (χ0) is 32.0. The molecule has 1 fully saturated rings. The molecule has 9 nitrogen and oxygen atoms in total. The lowest BCUT2D eigenvalue weighted by Crippen LogP contribution is -2.52. The Morgan fingerprint density at radius 1 is 0.977 bits per heavy atom. The number of carbonyl (C=O) groups is 2. The van der Waals surface area contributed by atoms with Gasteiger partial charge in [0.25, 0.3) is 10.0 Å². The van der Waals surface area contributed by atoms with Crippen LogP contribution in [0.2, 0.25) is 10.0 Å². The van der Waals surface area contributed by atoms with Crippen LogP contribution < -0.4 is 19.1 Å². The third-order valence-electron chi connectivity index (χ3n) is 7.60. The van der Waals surface area contributed by atoms with Crippen molar-refractivity contribution < 1.29 is 31.9 Å². The lowest BCUT2D eigenvalue weighted by atomic mass is 10.1. The Balaban J connectivity index is 1.74. The average molecular weight is 667 g/mol. The van der Waals surface area contributed by atoms with Gasteiger partial charge in [0.05, 0.1) is 24.8 Å². The highest BCUT2D eigenvalue weighted by Crippen LogP contribution is 2.33. The second kappa shape index (κ2) is 14.5. The third-order valence-corrected chi connectivity index (χ3v) is 10.1. The van der Waals surface area contributed by atoms with E-state index in [-0.39, 0.29) is 44.9 Å². The first-order chi connectivity index (χ1) is 21.0. The Kier molecular flexibility index (Phi) is 11.0. The fourth-order valence-corrected chi connectivity index (χ4v) is 7.02. The summed E-state index contributed by atoms with van der Waals surface area (Å²) in [4.78, 5) is 28.6. The maximum absolute atomic E-state index is 14.1. The number of anilines is 1. The molecule has 0 unspecified atom stereocenters. The molecule has 1 atom stereocenters. The van der Waals surface area contributed by atoms with Gasteiger partial charge in [-0.05, 0) is 68.3 Å². The molecule has 3 aromatic rings. The number of amides is 2. The quantitative estimate of drug-likeness (QED) is 0.261. The molecule has 0 heterocycles. The Bertz CT molecular complexity index is 1580. The van der Waals surface area contributed by atoms with E-state index in [1.165, 1.54) is 49.5 Å². The van der Waals surface area contributed by atoms with E-state index in [2.05, 4.69) is 5.32 Å². The molecule has 3 aromatic carbocycles. The summed E-state index contributed by atoms with van der Waals surface area (Å²) in [6.07, 6.45) is 3.67. The van der Waals surface area contributed by atoms with Crippen molar-refractivity contribution in [3.8, 4) is 11.5 Å². The van der Waals surface area contributed by atoms with Gasteiger partial charge in [-0.25, -0.2) is 12.8 Å². The van der Waals surface area contributed by atoms with Gasteiger partial charge < -0.3 is 19.7 Å². The van der Waals surface area contributed by atoms with Crippen molar-refractivity contribution in [1.82, 2.24) is 10.2 Å². The molecule has 13 heteroatoms. The molecule has 236 valence electrons. The molecule has 0 aliphatic heterocycles. The van der Waals surface area contributed by atoms with E-state index in [1.54, 1.807) is 25.1 Å². The maximum atomic E-state index is 14.1. The van der Waals surface area contributed by atoms with Crippen LogP contribution >= 0.6 is 23.2 Å². The molecule has 0 aromatic heterocycles. The standard InChI is InChI=1S/C31H34Cl2FN3O6S/c1-20(31(39)35-22-7-4-5-8-22)36(18-25-26(32)9-6-10-27(25)33)30(38)19-37(23-13-11-21(34)12-14-23)44(40,41)24-15-16-28(42-2)29(17-24)43-3/h6,9-17,20,22H,4-5,7-8,18-19H2,1-3H3,(H,35,39)/t20-/m0/s1. The van der Waals surface area contributed by atoms with Crippen LogP contribution in [0.5, 0.6) is 11.5 Å². The maximum Gasteiger partial charge on any atom is 0.264 e. The van der Waals surface area contributed by atoms with Crippen molar-refractivity contribution in [1.29, 1.82) is 0 Å². The third kappa shape index (κ3) is 7.57. The molecule has 1 aliphatic rings. The first-order valence-electron chi connectivity index (χ1n) is 14.0. The number of hydrogen-bond acceptors (Lipinski definition) is 6. The minimum absolute atomic E-state index is 0.00746. The lowest BCUT2D eigenvalue weighted by Gasteiger charge is -2.33. The summed E-state index contributed by atoms with van der Waals surface area (Å²) in [5, 5.41) is 3.57. The molecule has 0 bridgehead atoms. The van der Waals surface area contributed by atoms with Crippen LogP contribution in [-0.2, 0) is 26.2 Å². The summed E-state index contributed by atoms with van der Waals surface area (Å²) in [7, 11) is -1.65. The predicted molar refractivity (Wildman–Crippen MR) is 167 cm³/mol. The van der Waals surface area contributed by atoms with Crippen LogP contribution in [0.25, 0.3) is 0 Å². The second-order valence-corrected chi connectivity index (χ2v) is 13.1. The minimum atomic E-state index is -4.43. The summed E-state index contributed by atoms with van der Waals surface area (Å²) in [5.41, 5.74) is 0.439. The van der Waals surface area contributed by atoms with Crippen LogP contribution in [0.15, 0.2) is 65.6 Å². The number of hydrogen-bond donors (Lipinski definition) is 1. The van der Waals surface area contributed by atoms with Crippen molar-refractivity contribution in [3.63, 3.8) is 0 Å². The van der Waals surface area contributed by atoms with Crippen LogP contribution in [-0.4, -0.2) is 58.0 Å². The first-order valence-corrected chi connectivity index (χ1v) is 16.2. The van der Waals surface area contributed by atoms with Crippen LogP contribution in [0.4, 0.5) is 10.1 Å². The second-order valence-electron chi connectivity index (χ2n) is 10.4. The Morgan fingerprint density at radius 2 is 1.59 bits per heavy atom. The SMILES string of the molecule is COc1ccc(S(=O)(=O)N(CC(=O)N(Cc2c(Cl)cccc2Cl)[C@@H](C)C(=O)NC2CCCC2)c2ccc(F)cc2)cc1OC. The fourth-order valence-electron chi connectivity index (χ4n) is 5.07. The Hall–Kier alpha value is -3.54. The highest BCUT2D eigenvalue weighted by atomic mass is 35.5. The van der Waals surface area contributed by atoms with E-state index < -0.39 is 34.3 Å². The number of carbonyl (C=O) groups excluding carboxylic acids is 2. The number of benzene rings is 3. The fraction of sp³-hybridized carbons (Fsp3) is 0.355. The molecular formula is C31H34Cl2FN3O6S. The molecule has 1 N–H and O–H groups in total. The molecular weight excluding hydrogens is 632 g/mol. The van der Waals surface area contributed by atoms with E-state index in [0.29, 0.717) is 11.3 Å². The predicted octanol–water partition coefficient (Wildman–Crippen LogP) is 5.82. The van der Waals surface area contributed by atoms with Crippen molar-refractivity contribution in [2.45, 2.75) is 56.1 Å². The monoisotopic (exact) mass is 665 g/mol. The topological polar surface area (TPSA) is 105 Å². The normalized spacial score (nSPS) is 14.1. The zero-order valence-electron chi connectivity index (χ0n) is 24.6. The van der Waals surface area contributed by atoms with Gasteiger partial charge in [0, 0.05) is 34.3 Å². The molecule has 2 amide bonds. The zero-order valence-corrected chi connectivity index (χ0v) is 26.9. The van der Waals surface area contributed by atoms with E-state index in [1.807, 2.05) is 0 Å². The molecule has 0 radical (unpaired) electrons. The highest BCUT2D eigenvalue weighted by Gasteiger charge is 2.34. The number of sulfonamides is 1. The van der Waals surface area contributed by atoms with Gasteiger partial charge in [-0.3, -0.25) is 13.9 Å². The van der Waals surface area contributed by atoms with Crippen LogP contribution in [0.1, 0.15) is 38.2 Å².